The van der Waals surface area contributed by atoms with Gasteiger partial charge in [0, 0.05) is 19.7 Å². The third-order valence-corrected chi connectivity index (χ3v) is 1.25. The highest BCUT2D eigenvalue weighted by Gasteiger charge is 2.09. The van der Waals surface area contributed by atoms with Crippen molar-refractivity contribution in [1.29, 1.82) is 0 Å². The van der Waals surface area contributed by atoms with Crippen LogP contribution in [0.4, 0.5) is 0 Å². The van der Waals surface area contributed by atoms with Crippen molar-refractivity contribution in [3.63, 3.8) is 0 Å². The standard InChI is InChI=1S/C6H8N2O2/c1-7-4-2-3-6(5-7)8(9)10/h2-3,5H,4H2,1H3. The Bertz CT molecular complexity index is 208. The minimum atomic E-state index is -0.397. The van der Waals surface area contributed by atoms with Gasteiger partial charge >= 0.3 is 0 Å². The first-order valence-electron chi connectivity index (χ1n) is 2.93. The lowest BCUT2D eigenvalue weighted by Crippen LogP contribution is -2.16. The van der Waals surface area contributed by atoms with Crippen molar-refractivity contribution in [3.05, 3.63) is 34.2 Å². The van der Waals surface area contributed by atoms with E-state index in [1.807, 2.05) is 0 Å². The minimum Gasteiger partial charge on any atom is -0.371 e. The van der Waals surface area contributed by atoms with E-state index in [4.69, 9.17) is 0 Å². The summed E-state index contributed by atoms with van der Waals surface area (Å²) in [6.07, 6.45) is 4.79. The van der Waals surface area contributed by atoms with Crippen LogP contribution in [0.15, 0.2) is 24.0 Å². The zero-order chi connectivity index (χ0) is 7.56. The second-order valence-electron chi connectivity index (χ2n) is 2.15. The lowest BCUT2D eigenvalue weighted by Gasteiger charge is -2.12. The van der Waals surface area contributed by atoms with Gasteiger partial charge in [-0.3, -0.25) is 10.1 Å². The molecule has 0 aliphatic carbocycles. The molecular weight excluding hydrogens is 132 g/mol. The molecule has 0 fully saturated rings. The SMILES string of the molecule is CN1C=C([N+](=O)[O-])C=CC1. The van der Waals surface area contributed by atoms with Crippen LogP contribution in [0.25, 0.3) is 0 Å². The smallest absolute Gasteiger partial charge is 0.284 e. The second-order valence-corrected chi connectivity index (χ2v) is 2.15. The van der Waals surface area contributed by atoms with Crippen LogP contribution < -0.4 is 0 Å². The van der Waals surface area contributed by atoms with E-state index in [2.05, 4.69) is 0 Å². The third-order valence-electron chi connectivity index (χ3n) is 1.25. The van der Waals surface area contributed by atoms with E-state index in [1.165, 1.54) is 12.3 Å². The summed E-state index contributed by atoms with van der Waals surface area (Å²) < 4.78 is 0. The van der Waals surface area contributed by atoms with E-state index in [0.717, 1.165) is 6.54 Å². The molecule has 0 N–H and O–H groups in total. The average Bonchev–Trinajstić information content (AvgIpc) is 1.88. The van der Waals surface area contributed by atoms with Crippen molar-refractivity contribution in [2.45, 2.75) is 0 Å². The number of nitrogens with zero attached hydrogens (tertiary/aromatic N) is 2. The molecule has 0 saturated carbocycles. The quantitative estimate of drug-likeness (QED) is 0.396. The first-order chi connectivity index (χ1) is 4.70. The fourth-order valence-corrected chi connectivity index (χ4v) is 0.769. The summed E-state index contributed by atoms with van der Waals surface area (Å²) >= 11 is 0. The van der Waals surface area contributed by atoms with Crippen LogP contribution in [0.1, 0.15) is 0 Å². The molecule has 0 saturated heterocycles. The largest absolute Gasteiger partial charge is 0.371 e. The van der Waals surface area contributed by atoms with Gasteiger partial charge in [0.1, 0.15) is 0 Å². The lowest BCUT2D eigenvalue weighted by molar-refractivity contribution is -0.420. The van der Waals surface area contributed by atoms with Gasteiger partial charge < -0.3 is 4.90 Å². The van der Waals surface area contributed by atoms with Crippen molar-refractivity contribution in [3.8, 4) is 0 Å². The summed E-state index contributed by atoms with van der Waals surface area (Å²) in [4.78, 5) is 11.5. The molecule has 0 aromatic rings. The number of likely N-dealkylation sites (N-methyl/N-ethyl adjacent to an activating group) is 1. The Morgan fingerprint density at radius 3 is 2.90 bits per heavy atom. The summed E-state index contributed by atoms with van der Waals surface area (Å²) in [6.45, 7) is 0.747. The van der Waals surface area contributed by atoms with Crippen LogP contribution in [-0.4, -0.2) is 23.4 Å². The van der Waals surface area contributed by atoms with Gasteiger partial charge in [0.25, 0.3) is 5.70 Å². The molecule has 0 radical (unpaired) electrons. The van der Waals surface area contributed by atoms with E-state index < -0.39 is 4.92 Å². The topological polar surface area (TPSA) is 46.4 Å². The summed E-state index contributed by atoms with van der Waals surface area (Å²) in [7, 11) is 1.80. The van der Waals surface area contributed by atoms with Crippen LogP contribution in [0.5, 0.6) is 0 Å². The van der Waals surface area contributed by atoms with Gasteiger partial charge in [-0.1, -0.05) is 6.08 Å². The van der Waals surface area contributed by atoms with Gasteiger partial charge in [-0.2, -0.15) is 0 Å². The molecule has 1 heterocycles. The maximum absolute atomic E-state index is 10.2. The van der Waals surface area contributed by atoms with E-state index in [1.54, 1.807) is 18.0 Å². The van der Waals surface area contributed by atoms with Crippen LogP contribution >= 0.6 is 0 Å². The average molecular weight is 140 g/mol. The molecule has 0 unspecified atom stereocenters. The molecule has 1 rings (SSSR count). The van der Waals surface area contributed by atoms with Gasteiger partial charge in [-0.15, -0.1) is 0 Å². The van der Waals surface area contributed by atoms with E-state index in [-0.39, 0.29) is 5.70 Å². The normalized spacial score (nSPS) is 16.9. The van der Waals surface area contributed by atoms with Crippen molar-refractivity contribution >= 4 is 0 Å². The van der Waals surface area contributed by atoms with Gasteiger partial charge in [0.15, 0.2) is 0 Å². The number of rotatable bonds is 1. The minimum absolute atomic E-state index is 0.147. The highest BCUT2D eigenvalue weighted by atomic mass is 16.6. The molecule has 0 spiro atoms. The molecule has 0 amide bonds. The van der Waals surface area contributed by atoms with Crippen molar-refractivity contribution < 1.29 is 4.92 Å². The maximum Gasteiger partial charge on any atom is 0.284 e. The Kier molecular flexibility index (Phi) is 1.71. The van der Waals surface area contributed by atoms with Crippen LogP contribution in [0.3, 0.4) is 0 Å². The Morgan fingerprint density at radius 2 is 2.50 bits per heavy atom. The number of hydrogen-bond acceptors (Lipinski definition) is 3. The van der Waals surface area contributed by atoms with Crippen LogP contribution in [0.2, 0.25) is 0 Å². The van der Waals surface area contributed by atoms with Gasteiger partial charge in [0.2, 0.25) is 0 Å². The Hall–Kier alpha value is -1.32. The molecule has 10 heavy (non-hydrogen) atoms. The summed E-state index contributed by atoms with van der Waals surface area (Å²) in [5.41, 5.74) is 0.147. The third kappa shape index (κ3) is 1.34. The molecule has 0 bridgehead atoms. The lowest BCUT2D eigenvalue weighted by atomic mass is 10.3. The summed E-state index contributed by atoms with van der Waals surface area (Å²) in [6, 6.07) is 0. The Balaban J connectivity index is 2.76. The second kappa shape index (κ2) is 2.51. The first-order valence-corrected chi connectivity index (χ1v) is 2.93. The van der Waals surface area contributed by atoms with Crippen molar-refractivity contribution in [2.24, 2.45) is 0 Å². The molecule has 0 aromatic heterocycles. The summed E-state index contributed by atoms with van der Waals surface area (Å²) in [5.74, 6) is 0. The molecule has 4 heteroatoms. The van der Waals surface area contributed by atoms with E-state index in [0.29, 0.717) is 0 Å². The molecule has 0 atom stereocenters. The number of nitro groups is 1. The zero-order valence-corrected chi connectivity index (χ0v) is 5.65. The zero-order valence-electron chi connectivity index (χ0n) is 5.65. The monoisotopic (exact) mass is 140 g/mol. The van der Waals surface area contributed by atoms with Gasteiger partial charge in [-0.05, 0) is 0 Å². The summed E-state index contributed by atoms with van der Waals surface area (Å²) in [5, 5.41) is 10.2. The Morgan fingerprint density at radius 1 is 1.80 bits per heavy atom. The first kappa shape index (κ1) is 6.80. The van der Waals surface area contributed by atoms with Gasteiger partial charge in [-0.25, -0.2) is 0 Å². The highest BCUT2D eigenvalue weighted by Crippen LogP contribution is 2.04. The predicted octanol–water partition coefficient (Wildman–Crippen LogP) is 0.606. The van der Waals surface area contributed by atoms with Crippen LogP contribution in [-0.2, 0) is 0 Å². The molecule has 1 aliphatic rings. The van der Waals surface area contributed by atoms with E-state index >= 15 is 0 Å². The molecule has 54 valence electrons. The maximum atomic E-state index is 10.2. The van der Waals surface area contributed by atoms with Crippen molar-refractivity contribution in [1.82, 2.24) is 4.90 Å². The highest BCUT2D eigenvalue weighted by molar-refractivity contribution is 5.14. The fraction of sp³-hybridized carbons (Fsp3) is 0.333. The Labute approximate surface area is 58.6 Å². The fourth-order valence-electron chi connectivity index (χ4n) is 0.769. The molecule has 0 aromatic carbocycles. The van der Waals surface area contributed by atoms with Crippen LogP contribution in [0, 0.1) is 10.1 Å². The predicted molar refractivity (Wildman–Crippen MR) is 36.8 cm³/mol. The van der Waals surface area contributed by atoms with Crippen molar-refractivity contribution in [2.75, 3.05) is 13.6 Å². The van der Waals surface area contributed by atoms with Gasteiger partial charge in [0.05, 0.1) is 11.1 Å². The van der Waals surface area contributed by atoms with E-state index in [9.17, 15) is 10.1 Å². The number of hydrogen-bond donors (Lipinski definition) is 0. The molecule has 1 aliphatic heterocycles. The number of allylic oxidation sites excluding steroid dienone is 1. The molecular formula is C6H8N2O2. The molecule has 4 nitrogen and oxygen atoms in total.